The lowest BCUT2D eigenvalue weighted by atomic mass is 10.1. The number of benzene rings is 1. The monoisotopic (exact) mass is 177 g/mol. The summed E-state index contributed by atoms with van der Waals surface area (Å²) >= 11 is 0. The molecule has 1 atom stereocenters. The Morgan fingerprint density at radius 1 is 1.62 bits per heavy atom. The van der Waals surface area contributed by atoms with Crippen LogP contribution in [-0.2, 0) is 0 Å². The Morgan fingerprint density at radius 3 is 3.00 bits per heavy atom. The van der Waals surface area contributed by atoms with E-state index >= 15 is 0 Å². The van der Waals surface area contributed by atoms with Gasteiger partial charge in [0.2, 0.25) is 0 Å². The molecule has 0 saturated heterocycles. The molecule has 13 heavy (non-hydrogen) atoms. The normalized spacial score (nSPS) is 11.8. The van der Waals surface area contributed by atoms with Gasteiger partial charge in [-0.25, -0.2) is 0 Å². The molecule has 0 heterocycles. The summed E-state index contributed by atoms with van der Waals surface area (Å²) in [7, 11) is 0. The molecular formula is C10H11NO2. The Bertz CT molecular complexity index is 315. The molecule has 0 aliphatic rings. The van der Waals surface area contributed by atoms with Crippen LogP contribution >= 0.6 is 0 Å². The molecule has 3 heteroatoms. The average molecular weight is 177 g/mol. The van der Waals surface area contributed by atoms with Gasteiger partial charge in [0, 0.05) is 0 Å². The van der Waals surface area contributed by atoms with Crippen molar-refractivity contribution in [2.45, 2.75) is 13.0 Å². The molecule has 3 nitrogen and oxygen atoms in total. The van der Waals surface area contributed by atoms with Gasteiger partial charge in [-0.15, -0.1) is 0 Å². The van der Waals surface area contributed by atoms with E-state index in [4.69, 9.17) is 10.00 Å². The Morgan fingerprint density at radius 2 is 2.38 bits per heavy atom. The SMILES string of the molecule is C[C@@H](O)c1cccc(OCC#N)c1. The lowest BCUT2D eigenvalue weighted by Crippen LogP contribution is -1.96. The maximum absolute atomic E-state index is 9.25. The summed E-state index contributed by atoms with van der Waals surface area (Å²) in [6.07, 6.45) is -0.509. The Kier molecular flexibility index (Phi) is 3.30. The number of nitrogens with zero attached hydrogens (tertiary/aromatic N) is 1. The van der Waals surface area contributed by atoms with E-state index in [1.165, 1.54) is 0 Å². The van der Waals surface area contributed by atoms with Gasteiger partial charge in [0.25, 0.3) is 0 Å². The quantitative estimate of drug-likeness (QED) is 0.763. The van der Waals surface area contributed by atoms with Crippen LogP contribution < -0.4 is 4.74 Å². The average Bonchev–Trinajstić information content (AvgIpc) is 2.15. The minimum absolute atomic E-state index is 0.0310. The summed E-state index contributed by atoms with van der Waals surface area (Å²) < 4.78 is 5.07. The van der Waals surface area contributed by atoms with E-state index in [0.717, 1.165) is 5.56 Å². The minimum atomic E-state index is -0.509. The molecule has 0 saturated carbocycles. The van der Waals surface area contributed by atoms with Crippen molar-refractivity contribution < 1.29 is 9.84 Å². The topological polar surface area (TPSA) is 53.2 Å². The first-order valence-corrected chi connectivity index (χ1v) is 4.02. The predicted molar refractivity (Wildman–Crippen MR) is 48.2 cm³/mol. The number of rotatable bonds is 3. The molecule has 0 aliphatic carbocycles. The highest BCUT2D eigenvalue weighted by Crippen LogP contribution is 2.18. The smallest absolute Gasteiger partial charge is 0.174 e. The molecule has 68 valence electrons. The summed E-state index contributed by atoms with van der Waals surface area (Å²) in [5.41, 5.74) is 0.787. The van der Waals surface area contributed by atoms with Crippen molar-refractivity contribution in [1.82, 2.24) is 0 Å². The standard InChI is InChI=1S/C10H11NO2/c1-8(12)9-3-2-4-10(7-9)13-6-5-11/h2-4,7-8,12H,6H2,1H3/t8-/m1/s1. The largest absolute Gasteiger partial charge is 0.479 e. The maximum atomic E-state index is 9.25. The van der Waals surface area contributed by atoms with Crippen LogP contribution in [0.15, 0.2) is 24.3 Å². The van der Waals surface area contributed by atoms with Crippen LogP contribution in [0.25, 0.3) is 0 Å². The minimum Gasteiger partial charge on any atom is -0.479 e. The van der Waals surface area contributed by atoms with E-state index in [1.807, 2.05) is 12.1 Å². The van der Waals surface area contributed by atoms with Gasteiger partial charge in [-0.05, 0) is 24.6 Å². The number of hydrogen-bond acceptors (Lipinski definition) is 3. The molecule has 0 fully saturated rings. The highest BCUT2D eigenvalue weighted by molar-refractivity contribution is 5.29. The van der Waals surface area contributed by atoms with E-state index in [-0.39, 0.29) is 6.61 Å². The molecule has 1 aromatic rings. The Balaban J connectivity index is 2.75. The molecule has 0 unspecified atom stereocenters. The molecule has 1 rings (SSSR count). The second-order valence-electron chi connectivity index (χ2n) is 2.70. The molecule has 1 N–H and O–H groups in total. The zero-order valence-electron chi connectivity index (χ0n) is 7.40. The van der Waals surface area contributed by atoms with Gasteiger partial charge >= 0.3 is 0 Å². The van der Waals surface area contributed by atoms with Gasteiger partial charge in [-0.2, -0.15) is 5.26 Å². The van der Waals surface area contributed by atoms with Crippen LogP contribution in [0, 0.1) is 11.3 Å². The summed E-state index contributed by atoms with van der Waals surface area (Å²) in [6, 6.07) is 8.95. The summed E-state index contributed by atoms with van der Waals surface area (Å²) in [4.78, 5) is 0. The van der Waals surface area contributed by atoms with Gasteiger partial charge in [-0.3, -0.25) is 0 Å². The van der Waals surface area contributed by atoms with Crippen LogP contribution in [0.1, 0.15) is 18.6 Å². The van der Waals surface area contributed by atoms with Crippen LogP contribution in [0.5, 0.6) is 5.75 Å². The first-order valence-electron chi connectivity index (χ1n) is 4.02. The highest BCUT2D eigenvalue weighted by atomic mass is 16.5. The third kappa shape index (κ3) is 2.77. The Labute approximate surface area is 77.2 Å². The van der Waals surface area contributed by atoms with E-state index in [9.17, 15) is 5.11 Å². The van der Waals surface area contributed by atoms with Gasteiger partial charge < -0.3 is 9.84 Å². The third-order valence-electron chi connectivity index (χ3n) is 1.64. The fourth-order valence-electron chi connectivity index (χ4n) is 0.980. The molecule has 0 bridgehead atoms. The number of hydrogen-bond donors (Lipinski definition) is 1. The lowest BCUT2D eigenvalue weighted by Gasteiger charge is -2.06. The second kappa shape index (κ2) is 4.48. The van der Waals surface area contributed by atoms with Gasteiger partial charge in [-0.1, -0.05) is 12.1 Å². The van der Waals surface area contributed by atoms with E-state index in [2.05, 4.69) is 0 Å². The second-order valence-corrected chi connectivity index (χ2v) is 2.70. The highest BCUT2D eigenvalue weighted by Gasteiger charge is 2.01. The summed E-state index contributed by atoms with van der Waals surface area (Å²) in [6.45, 7) is 1.71. The molecule has 1 aromatic carbocycles. The first-order chi connectivity index (χ1) is 6.24. The lowest BCUT2D eigenvalue weighted by molar-refractivity contribution is 0.198. The van der Waals surface area contributed by atoms with Crippen molar-refractivity contribution >= 4 is 0 Å². The number of aliphatic hydroxyl groups excluding tert-OH is 1. The molecule has 0 spiro atoms. The molecule has 0 amide bonds. The summed E-state index contributed by atoms with van der Waals surface area (Å²) in [5.74, 6) is 0.611. The molecule has 0 aromatic heterocycles. The van der Waals surface area contributed by atoms with Crippen molar-refractivity contribution in [3.63, 3.8) is 0 Å². The fraction of sp³-hybridized carbons (Fsp3) is 0.300. The van der Waals surface area contributed by atoms with Gasteiger partial charge in [0.15, 0.2) is 6.61 Å². The van der Waals surface area contributed by atoms with E-state index in [0.29, 0.717) is 5.75 Å². The van der Waals surface area contributed by atoms with Crippen molar-refractivity contribution in [2.24, 2.45) is 0 Å². The predicted octanol–water partition coefficient (Wildman–Crippen LogP) is 1.64. The van der Waals surface area contributed by atoms with Crippen LogP contribution in [0.4, 0.5) is 0 Å². The van der Waals surface area contributed by atoms with Crippen LogP contribution in [0.3, 0.4) is 0 Å². The molecular weight excluding hydrogens is 166 g/mol. The van der Waals surface area contributed by atoms with Gasteiger partial charge in [0.1, 0.15) is 11.8 Å². The van der Waals surface area contributed by atoms with E-state index in [1.54, 1.807) is 25.1 Å². The zero-order chi connectivity index (χ0) is 9.68. The van der Waals surface area contributed by atoms with Crippen LogP contribution in [-0.4, -0.2) is 11.7 Å². The Hall–Kier alpha value is -1.53. The van der Waals surface area contributed by atoms with Crippen molar-refractivity contribution in [1.29, 1.82) is 5.26 Å². The molecule has 0 radical (unpaired) electrons. The third-order valence-corrected chi connectivity index (χ3v) is 1.64. The van der Waals surface area contributed by atoms with Crippen LogP contribution in [0.2, 0.25) is 0 Å². The van der Waals surface area contributed by atoms with Crippen molar-refractivity contribution in [3.05, 3.63) is 29.8 Å². The fourth-order valence-corrected chi connectivity index (χ4v) is 0.980. The number of ether oxygens (including phenoxy) is 1. The van der Waals surface area contributed by atoms with Crippen molar-refractivity contribution in [2.75, 3.05) is 6.61 Å². The number of aliphatic hydroxyl groups is 1. The molecule has 0 aliphatic heterocycles. The van der Waals surface area contributed by atoms with Crippen molar-refractivity contribution in [3.8, 4) is 11.8 Å². The zero-order valence-corrected chi connectivity index (χ0v) is 7.40. The summed E-state index contributed by atoms with van der Waals surface area (Å²) in [5, 5.41) is 17.5. The van der Waals surface area contributed by atoms with E-state index < -0.39 is 6.10 Å². The maximum Gasteiger partial charge on any atom is 0.174 e. The first kappa shape index (κ1) is 9.56. The van der Waals surface area contributed by atoms with Gasteiger partial charge in [0.05, 0.1) is 6.10 Å². The number of nitriles is 1.